The van der Waals surface area contributed by atoms with Crippen LogP contribution in [0.5, 0.6) is 0 Å². The number of ether oxygens (including phenoxy) is 1. The van der Waals surface area contributed by atoms with E-state index in [0.29, 0.717) is 17.4 Å². The van der Waals surface area contributed by atoms with Gasteiger partial charge in [-0.1, -0.05) is 13.8 Å². The van der Waals surface area contributed by atoms with Gasteiger partial charge in [-0.2, -0.15) is 0 Å². The first-order valence-electron chi connectivity index (χ1n) is 8.54. The molecule has 2 saturated carbocycles. The molecule has 4 nitrogen and oxygen atoms in total. The number of nitrogens with one attached hydrogen (secondary N) is 1. The molecule has 1 N–H and O–H groups in total. The molecule has 120 valence electrons. The van der Waals surface area contributed by atoms with Crippen molar-refractivity contribution in [1.29, 1.82) is 0 Å². The number of hydrogen-bond acceptors (Lipinski definition) is 4. The highest BCUT2D eigenvalue weighted by atomic mass is 16.5. The molecule has 0 aromatic heterocycles. The highest BCUT2D eigenvalue weighted by Crippen LogP contribution is 2.43. The summed E-state index contributed by atoms with van der Waals surface area (Å²) in [5.74, 6) is 0.427. The zero-order valence-corrected chi connectivity index (χ0v) is 13.8. The van der Waals surface area contributed by atoms with Crippen molar-refractivity contribution in [2.24, 2.45) is 11.3 Å². The van der Waals surface area contributed by atoms with Crippen LogP contribution in [0.1, 0.15) is 52.4 Å². The number of carbonyl (C=O) groups excluding carboxylic acids is 1. The van der Waals surface area contributed by atoms with E-state index in [9.17, 15) is 4.79 Å². The molecule has 3 aliphatic rings. The monoisotopic (exact) mass is 294 g/mol. The molecule has 0 aromatic rings. The van der Waals surface area contributed by atoms with E-state index in [-0.39, 0.29) is 5.97 Å². The predicted octanol–water partition coefficient (Wildman–Crippen LogP) is 2.18. The molecule has 1 atom stereocenters. The van der Waals surface area contributed by atoms with Crippen LogP contribution in [0.2, 0.25) is 0 Å². The van der Waals surface area contributed by atoms with Gasteiger partial charge >= 0.3 is 5.97 Å². The van der Waals surface area contributed by atoms with Gasteiger partial charge in [0, 0.05) is 19.1 Å². The Morgan fingerprint density at radius 2 is 2.05 bits per heavy atom. The fourth-order valence-corrected chi connectivity index (χ4v) is 3.97. The lowest BCUT2D eigenvalue weighted by atomic mass is 9.82. The average Bonchev–Trinajstić information content (AvgIpc) is 3.27. The molecule has 21 heavy (non-hydrogen) atoms. The molecule has 0 amide bonds. The SMILES string of the molecule is COC(=O)C(CN1CCCC(C)(C)C1)(NC1CC1)C1CC1. The number of esters is 1. The van der Waals surface area contributed by atoms with Crippen molar-refractivity contribution in [2.45, 2.75) is 64.0 Å². The van der Waals surface area contributed by atoms with Crippen LogP contribution >= 0.6 is 0 Å². The topological polar surface area (TPSA) is 41.6 Å². The van der Waals surface area contributed by atoms with Crippen molar-refractivity contribution in [3.05, 3.63) is 0 Å². The van der Waals surface area contributed by atoms with Gasteiger partial charge in [0.25, 0.3) is 0 Å². The third-order valence-corrected chi connectivity index (χ3v) is 5.32. The maximum atomic E-state index is 12.6. The summed E-state index contributed by atoms with van der Waals surface area (Å²) in [6.07, 6.45) is 7.25. The molecule has 3 fully saturated rings. The number of rotatable bonds is 6. The summed E-state index contributed by atoms with van der Waals surface area (Å²) >= 11 is 0. The molecule has 1 unspecified atom stereocenters. The smallest absolute Gasteiger partial charge is 0.327 e. The lowest BCUT2D eigenvalue weighted by molar-refractivity contribution is -0.151. The van der Waals surface area contributed by atoms with E-state index in [1.54, 1.807) is 0 Å². The molecule has 1 saturated heterocycles. The Morgan fingerprint density at radius 1 is 1.33 bits per heavy atom. The second kappa shape index (κ2) is 5.54. The Morgan fingerprint density at radius 3 is 2.57 bits per heavy atom. The molecule has 0 bridgehead atoms. The van der Waals surface area contributed by atoms with Crippen LogP contribution < -0.4 is 5.32 Å². The third-order valence-electron chi connectivity index (χ3n) is 5.32. The van der Waals surface area contributed by atoms with Crippen molar-refractivity contribution >= 4 is 5.97 Å². The van der Waals surface area contributed by atoms with Gasteiger partial charge in [-0.15, -0.1) is 0 Å². The summed E-state index contributed by atoms with van der Waals surface area (Å²) in [7, 11) is 1.54. The second-order valence-corrected chi connectivity index (χ2v) is 8.13. The maximum Gasteiger partial charge on any atom is 0.327 e. The first kappa shape index (κ1) is 15.3. The van der Waals surface area contributed by atoms with E-state index in [2.05, 4.69) is 24.1 Å². The number of piperidine rings is 1. The zero-order valence-electron chi connectivity index (χ0n) is 13.8. The fourth-order valence-electron chi connectivity index (χ4n) is 3.97. The molecular formula is C17H30N2O2. The minimum atomic E-state index is -0.455. The molecule has 0 radical (unpaired) electrons. The van der Waals surface area contributed by atoms with Crippen molar-refractivity contribution in [3.8, 4) is 0 Å². The largest absolute Gasteiger partial charge is 0.468 e. The first-order chi connectivity index (χ1) is 9.95. The number of hydrogen-bond donors (Lipinski definition) is 1. The standard InChI is InChI=1S/C17H30N2O2/c1-16(2)9-4-10-19(11-16)12-17(13-5-6-13,15(20)21-3)18-14-7-8-14/h13-14,18H,4-12H2,1-3H3. The molecule has 2 aliphatic carbocycles. The lowest BCUT2D eigenvalue weighted by Gasteiger charge is -2.43. The molecule has 4 heteroatoms. The molecule has 1 aliphatic heterocycles. The number of carbonyl (C=O) groups is 1. The minimum Gasteiger partial charge on any atom is -0.468 e. The first-order valence-corrected chi connectivity index (χ1v) is 8.54. The Labute approximate surface area is 128 Å². The van der Waals surface area contributed by atoms with Crippen molar-refractivity contribution < 1.29 is 9.53 Å². The van der Waals surface area contributed by atoms with Crippen molar-refractivity contribution in [3.63, 3.8) is 0 Å². The van der Waals surface area contributed by atoms with Crippen LogP contribution in [-0.2, 0) is 9.53 Å². The molecule has 0 aromatic carbocycles. The molecular weight excluding hydrogens is 264 g/mol. The van der Waals surface area contributed by atoms with E-state index >= 15 is 0 Å². The number of methoxy groups -OCH3 is 1. The highest BCUT2D eigenvalue weighted by molar-refractivity contribution is 5.82. The van der Waals surface area contributed by atoms with Gasteiger partial charge in [0.2, 0.25) is 0 Å². The summed E-state index contributed by atoms with van der Waals surface area (Å²) in [6.45, 7) is 7.70. The number of likely N-dealkylation sites (tertiary alicyclic amines) is 1. The zero-order chi connectivity index (χ0) is 15.1. The summed E-state index contributed by atoms with van der Waals surface area (Å²) in [4.78, 5) is 15.1. The van der Waals surface area contributed by atoms with Gasteiger partial charge in [-0.25, -0.2) is 4.79 Å². The summed E-state index contributed by atoms with van der Waals surface area (Å²) in [6, 6.07) is 0.530. The van der Waals surface area contributed by atoms with Gasteiger partial charge < -0.3 is 9.64 Å². The van der Waals surface area contributed by atoms with E-state index in [1.807, 2.05) is 0 Å². The Bertz CT molecular complexity index is 402. The van der Waals surface area contributed by atoms with E-state index in [1.165, 1.54) is 32.8 Å². The normalized spacial score (nSPS) is 28.9. The molecule has 1 heterocycles. The summed E-state index contributed by atoms with van der Waals surface area (Å²) in [5, 5.41) is 3.68. The Hall–Kier alpha value is -0.610. The van der Waals surface area contributed by atoms with Crippen LogP contribution in [0.15, 0.2) is 0 Å². The third kappa shape index (κ3) is 3.42. The molecule has 3 rings (SSSR count). The summed E-state index contributed by atoms with van der Waals surface area (Å²) in [5.41, 5.74) is -0.0907. The predicted molar refractivity (Wildman–Crippen MR) is 83.1 cm³/mol. The van der Waals surface area contributed by atoms with Crippen molar-refractivity contribution in [1.82, 2.24) is 10.2 Å². The van der Waals surface area contributed by atoms with Crippen LogP contribution in [-0.4, -0.2) is 49.2 Å². The second-order valence-electron chi connectivity index (χ2n) is 8.13. The number of nitrogens with zero attached hydrogens (tertiary/aromatic N) is 1. The quantitative estimate of drug-likeness (QED) is 0.763. The Kier molecular flexibility index (Phi) is 4.04. The highest BCUT2D eigenvalue weighted by Gasteiger charge is 2.54. The fraction of sp³-hybridized carbons (Fsp3) is 0.941. The van der Waals surface area contributed by atoms with E-state index in [0.717, 1.165) is 32.5 Å². The Balaban J connectivity index is 1.75. The lowest BCUT2D eigenvalue weighted by Crippen LogP contribution is -2.63. The van der Waals surface area contributed by atoms with Gasteiger partial charge in [0.15, 0.2) is 0 Å². The van der Waals surface area contributed by atoms with Gasteiger partial charge in [-0.3, -0.25) is 5.32 Å². The summed E-state index contributed by atoms with van der Waals surface area (Å²) < 4.78 is 5.21. The maximum absolute atomic E-state index is 12.6. The van der Waals surface area contributed by atoms with Crippen LogP contribution in [0, 0.1) is 11.3 Å². The van der Waals surface area contributed by atoms with Gasteiger partial charge in [-0.05, 0) is 56.4 Å². The van der Waals surface area contributed by atoms with E-state index < -0.39 is 5.54 Å². The minimum absolute atomic E-state index is 0.0414. The van der Waals surface area contributed by atoms with Crippen LogP contribution in [0.3, 0.4) is 0 Å². The van der Waals surface area contributed by atoms with Crippen LogP contribution in [0.25, 0.3) is 0 Å². The van der Waals surface area contributed by atoms with Crippen LogP contribution in [0.4, 0.5) is 0 Å². The van der Waals surface area contributed by atoms with Gasteiger partial charge in [0.05, 0.1) is 7.11 Å². The average molecular weight is 294 g/mol. The van der Waals surface area contributed by atoms with E-state index in [4.69, 9.17) is 4.74 Å². The molecule has 0 spiro atoms. The van der Waals surface area contributed by atoms with Crippen molar-refractivity contribution in [2.75, 3.05) is 26.7 Å². The van der Waals surface area contributed by atoms with Gasteiger partial charge in [0.1, 0.15) is 5.54 Å².